The van der Waals surface area contributed by atoms with E-state index < -0.39 is 0 Å². The Kier molecular flexibility index (Phi) is 5.71. The number of carbonyl (C=O) groups excluding carboxylic acids is 2. The van der Waals surface area contributed by atoms with E-state index in [9.17, 15) is 9.59 Å². The maximum absolute atomic E-state index is 11.6. The summed E-state index contributed by atoms with van der Waals surface area (Å²) in [6.07, 6.45) is 1.71. The molecule has 0 spiro atoms. The first-order chi connectivity index (χ1) is 8.02. The lowest BCUT2D eigenvalue weighted by Crippen LogP contribution is -2.47. The zero-order valence-electron chi connectivity index (χ0n) is 10.1. The molecule has 0 aromatic heterocycles. The highest BCUT2D eigenvalue weighted by atomic mass is 35.5. The molecule has 0 aliphatic carbocycles. The van der Waals surface area contributed by atoms with Crippen LogP contribution in [0.25, 0.3) is 0 Å². The molecule has 5 nitrogen and oxygen atoms in total. The highest BCUT2D eigenvalue weighted by Gasteiger charge is 2.22. The highest BCUT2D eigenvalue weighted by molar-refractivity contribution is 6.19. The van der Waals surface area contributed by atoms with Crippen molar-refractivity contribution in [2.24, 2.45) is 11.7 Å². The van der Waals surface area contributed by atoms with E-state index in [1.807, 2.05) is 11.8 Å². The van der Waals surface area contributed by atoms with Gasteiger partial charge in [-0.2, -0.15) is 0 Å². The maximum Gasteiger partial charge on any atom is 0.231 e. The van der Waals surface area contributed by atoms with Crippen LogP contribution in [0.4, 0.5) is 0 Å². The average molecular weight is 262 g/mol. The summed E-state index contributed by atoms with van der Waals surface area (Å²) >= 11 is 5.62. The van der Waals surface area contributed by atoms with Gasteiger partial charge in [0.15, 0.2) is 0 Å². The number of piperidine rings is 1. The minimum absolute atomic E-state index is 0.00773. The summed E-state index contributed by atoms with van der Waals surface area (Å²) in [6, 6.07) is 0.192. The van der Waals surface area contributed by atoms with E-state index in [1.165, 1.54) is 0 Å². The van der Waals surface area contributed by atoms with Crippen molar-refractivity contribution in [3.8, 4) is 0 Å². The zero-order valence-corrected chi connectivity index (χ0v) is 10.9. The molecular formula is C11H20ClN3O2. The summed E-state index contributed by atoms with van der Waals surface area (Å²) in [7, 11) is 0. The lowest BCUT2D eigenvalue weighted by molar-refractivity contribution is -0.125. The predicted molar refractivity (Wildman–Crippen MR) is 66.7 cm³/mol. The Morgan fingerprint density at radius 3 is 2.53 bits per heavy atom. The monoisotopic (exact) mass is 261 g/mol. The molecule has 17 heavy (non-hydrogen) atoms. The van der Waals surface area contributed by atoms with Gasteiger partial charge >= 0.3 is 0 Å². The SMILES string of the molecule is CC(CCl)C(=O)NC1CCN(CC(N)=O)CC1. The van der Waals surface area contributed by atoms with Gasteiger partial charge in [-0.05, 0) is 12.8 Å². The van der Waals surface area contributed by atoms with Gasteiger partial charge in [0, 0.05) is 30.9 Å². The van der Waals surface area contributed by atoms with Gasteiger partial charge in [0.25, 0.3) is 0 Å². The lowest BCUT2D eigenvalue weighted by Gasteiger charge is -2.31. The molecule has 2 amide bonds. The van der Waals surface area contributed by atoms with Crippen LogP contribution in [0.2, 0.25) is 0 Å². The van der Waals surface area contributed by atoms with Crippen LogP contribution in [0.15, 0.2) is 0 Å². The molecule has 6 heteroatoms. The summed E-state index contributed by atoms with van der Waals surface area (Å²) in [5.41, 5.74) is 5.13. The number of rotatable bonds is 5. The summed E-state index contributed by atoms with van der Waals surface area (Å²) in [4.78, 5) is 24.4. The molecule has 0 radical (unpaired) electrons. The summed E-state index contributed by atoms with van der Waals surface area (Å²) in [6.45, 7) is 3.70. The van der Waals surface area contributed by atoms with E-state index in [1.54, 1.807) is 0 Å². The van der Waals surface area contributed by atoms with Crippen molar-refractivity contribution in [2.45, 2.75) is 25.8 Å². The Labute approximate surface area is 107 Å². The Morgan fingerprint density at radius 1 is 1.47 bits per heavy atom. The fourth-order valence-electron chi connectivity index (χ4n) is 1.87. The maximum atomic E-state index is 11.6. The van der Waals surface area contributed by atoms with Crippen LogP contribution in [0.5, 0.6) is 0 Å². The minimum atomic E-state index is -0.303. The molecule has 1 saturated heterocycles. The first kappa shape index (κ1) is 14.3. The number of nitrogens with one attached hydrogen (secondary N) is 1. The third kappa shape index (κ3) is 4.91. The molecule has 98 valence electrons. The lowest BCUT2D eigenvalue weighted by atomic mass is 10.0. The van der Waals surface area contributed by atoms with Crippen molar-refractivity contribution in [3.63, 3.8) is 0 Å². The molecule has 3 N–H and O–H groups in total. The Morgan fingerprint density at radius 2 is 2.06 bits per heavy atom. The van der Waals surface area contributed by atoms with Crippen LogP contribution in [0, 0.1) is 5.92 Å². The van der Waals surface area contributed by atoms with E-state index in [2.05, 4.69) is 5.32 Å². The fourth-order valence-corrected chi connectivity index (χ4v) is 2.01. The van der Waals surface area contributed by atoms with E-state index in [0.717, 1.165) is 25.9 Å². The van der Waals surface area contributed by atoms with Gasteiger partial charge in [0.1, 0.15) is 0 Å². The third-order valence-corrected chi connectivity index (χ3v) is 3.46. The van der Waals surface area contributed by atoms with Crippen LogP contribution in [-0.2, 0) is 9.59 Å². The summed E-state index contributed by atoms with van der Waals surface area (Å²) in [5.74, 6) is -0.108. The van der Waals surface area contributed by atoms with Crippen LogP contribution in [0.3, 0.4) is 0 Å². The summed E-state index contributed by atoms with van der Waals surface area (Å²) < 4.78 is 0. The highest BCUT2D eigenvalue weighted by Crippen LogP contribution is 2.10. The molecule has 1 fully saturated rings. The fraction of sp³-hybridized carbons (Fsp3) is 0.818. The van der Waals surface area contributed by atoms with E-state index in [-0.39, 0.29) is 23.8 Å². The van der Waals surface area contributed by atoms with Gasteiger partial charge < -0.3 is 11.1 Å². The Bertz CT molecular complexity index is 278. The van der Waals surface area contributed by atoms with Crippen molar-refractivity contribution in [2.75, 3.05) is 25.5 Å². The molecule has 1 unspecified atom stereocenters. The van der Waals surface area contributed by atoms with Crippen LogP contribution >= 0.6 is 11.6 Å². The zero-order chi connectivity index (χ0) is 12.8. The second-order valence-electron chi connectivity index (χ2n) is 4.58. The smallest absolute Gasteiger partial charge is 0.231 e. The quantitative estimate of drug-likeness (QED) is 0.680. The van der Waals surface area contributed by atoms with E-state index >= 15 is 0 Å². The Hall–Kier alpha value is -0.810. The Balaban J connectivity index is 2.27. The number of hydrogen-bond acceptors (Lipinski definition) is 3. The van der Waals surface area contributed by atoms with Crippen molar-refractivity contribution in [3.05, 3.63) is 0 Å². The van der Waals surface area contributed by atoms with Crippen LogP contribution in [-0.4, -0.2) is 48.3 Å². The number of amides is 2. The molecular weight excluding hydrogens is 242 g/mol. The topological polar surface area (TPSA) is 75.4 Å². The van der Waals surface area contributed by atoms with Crippen molar-refractivity contribution >= 4 is 23.4 Å². The molecule has 1 atom stereocenters. The van der Waals surface area contributed by atoms with E-state index in [0.29, 0.717) is 12.4 Å². The minimum Gasteiger partial charge on any atom is -0.369 e. The second kappa shape index (κ2) is 6.81. The number of likely N-dealkylation sites (tertiary alicyclic amines) is 1. The van der Waals surface area contributed by atoms with Gasteiger partial charge in [-0.15, -0.1) is 11.6 Å². The largest absolute Gasteiger partial charge is 0.369 e. The number of carbonyl (C=O) groups is 2. The molecule has 1 heterocycles. The van der Waals surface area contributed by atoms with Gasteiger partial charge in [0.05, 0.1) is 6.54 Å². The standard InChI is InChI=1S/C11H20ClN3O2/c1-8(6-12)11(17)14-9-2-4-15(5-3-9)7-10(13)16/h8-9H,2-7H2,1H3,(H2,13,16)(H,14,17). The molecule has 0 saturated carbocycles. The first-order valence-corrected chi connectivity index (χ1v) is 6.43. The molecule has 0 aromatic rings. The average Bonchev–Trinajstić information content (AvgIpc) is 2.30. The first-order valence-electron chi connectivity index (χ1n) is 5.90. The van der Waals surface area contributed by atoms with Gasteiger partial charge in [-0.1, -0.05) is 6.92 Å². The molecule has 1 aliphatic rings. The third-order valence-electron chi connectivity index (χ3n) is 2.99. The predicted octanol–water partition coefficient (Wildman–Crippen LogP) is -0.0728. The second-order valence-corrected chi connectivity index (χ2v) is 4.89. The number of halogens is 1. The molecule has 1 aliphatic heterocycles. The number of alkyl halides is 1. The number of primary amides is 1. The van der Waals surface area contributed by atoms with Crippen LogP contribution in [0.1, 0.15) is 19.8 Å². The van der Waals surface area contributed by atoms with E-state index in [4.69, 9.17) is 17.3 Å². The summed E-state index contributed by atoms with van der Waals surface area (Å²) in [5, 5.41) is 2.98. The van der Waals surface area contributed by atoms with Gasteiger partial charge in [0.2, 0.25) is 11.8 Å². The molecule has 0 aromatic carbocycles. The van der Waals surface area contributed by atoms with Crippen LogP contribution < -0.4 is 11.1 Å². The normalized spacial score (nSPS) is 19.9. The van der Waals surface area contributed by atoms with Crippen molar-refractivity contribution in [1.29, 1.82) is 0 Å². The molecule has 0 bridgehead atoms. The number of nitrogens with two attached hydrogens (primary N) is 1. The molecule has 1 rings (SSSR count). The van der Waals surface area contributed by atoms with Gasteiger partial charge in [-0.3, -0.25) is 14.5 Å². The van der Waals surface area contributed by atoms with Crippen molar-refractivity contribution in [1.82, 2.24) is 10.2 Å². The number of nitrogens with zero attached hydrogens (tertiary/aromatic N) is 1. The van der Waals surface area contributed by atoms with Crippen molar-refractivity contribution < 1.29 is 9.59 Å². The number of hydrogen-bond donors (Lipinski definition) is 2. The van der Waals surface area contributed by atoms with Gasteiger partial charge in [-0.25, -0.2) is 0 Å².